The summed E-state index contributed by atoms with van der Waals surface area (Å²) in [6.07, 6.45) is -4.88. The minimum Gasteiger partial charge on any atom is -0.494 e. The van der Waals surface area contributed by atoms with Crippen molar-refractivity contribution in [3.05, 3.63) is 22.8 Å². The van der Waals surface area contributed by atoms with Crippen molar-refractivity contribution < 1.29 is 32.6 Å². The number of hydrogen-bond donors (Lipinski definition) is 2. The minimum atomic E-state index is -4.88. The molecule has 5 nitrogen and oxygen atoms in total. The molecule has 1 aromatic carbocycles. The Morgan fingerprint density at radius 1 is 1.22 bits per heavy atom. The van der Waals surface area contributed by atoms with Crippen LogP contribution in [0.1, 0.15) is 42.3 Å². The molecule has 0 radical (unpaired) electrons. The topological polar surface area (TPSA) is 75.6 Å². The second-order valence-corrected chi connectivity index (χ2v) is 6.03. The third-order valence-electron chi connectivity index (χ3n) is 3.11. The zero-order chi connectivity index (χ0) is 18.2. The smallest absolute Gasteiger partial charge is 0.417 e. The van der Waals surface area contributed by atoms with Gasteiger partial charge < -0.3 is 15.2 Å². The molecule has 0 saturated carbocycles. The van der Waals surface area contributed by atoms with E-state index in [1.54, 1.807) is 20.8 Å². The number of amides is 1. The molecule has 0 atom stereocenters. The highest BCUT2D eigenvalue weighted by molar-refractivity contribution is 6.05. The van der Waals surface area contributed by atoms with E-state index in [-0.39, 0.29) is 11.3 Å². The highest BCUT2D eigenvalue weighted by Gasteiger charge is 2.39. The number of carbonyl (C=O) groups excluding carboxylic acids is 1. The highest BCUT2D eigenvalue weighted by Crippen LogP contribution is 2.42. The molecule has 0 aliphatic rings. The summed E-state index contributed by atoms with van der Waals surface area (Å²) >= 11 is 0. The van der Waals surface area contributed by atoms with Gasteiger partial charge in [-0.1, -0.05) is 20.8 Å². The third kappa shape index (κ3) is 3.94. The summed E-state index contributed by atoms with van der Waals surface area (Å²) in [6, 6.07) is 0.690. The fourth-order valence-corrected chi connectivity index (χ4v) is 1.93. The van der Waals surface area contributed by atoms with Gasteiger partial charge in [-0.2, -0.15) is 13.2 Å². The lowest BCUT2D eigenvalue weighted by molar-refractivity contribution is -0.138. The number of rotatable bonds is 3. The number of ether oxygens (including phenoxy) is 1. The Morgan fingerprint density at radius 3 is 2.09 bits per heavy atom. The molecule has 1 amide bonds. The van der Waals surface area contributed by atoms with Crippen LogP contribution in [0, 0.1) is 12.3 Å². The van der Waals surface area contributed by atoms with E-state index in [2.05, 4.69) is 5.32 Å². The monoisotopic (exact) mass is 333 g/mol. The predicted molar refractivity (Wildman–Crippen MR) is 77.8 cm³/mol. The molecule has 0 aliphatic heterocycles. The van der Waals surface area contributed by atoms with Crippen LogP contribution < -0.4 is 10.1 Å². The van der Waals surface area contributed by atoms with E-state index in [9.17, 15) is 27.9 Å². The van der Waals surface area contributed by atoms with Gasteiger partial charge in [-0.15, -0.1) is 0 Å². The first-order valence-corrected chi connectivity index (χ1v) is 6.64. The van der Waals surface area contributed by atoms with Crippen molar-refractivity contribution in [1.29, 1.82) is 0 Å². The second-order valence-electron chi connectivity index (χ2n) is 6.03. The number of nitrogens with one attached hydrogen (secondary N) is 1. The van der Waals surface area contributed by atoms with Gasteiger partial charge in [0.1, 0.15) is 5.75 Å². The molecule has 1 aromatic rings. The minimum absolute atomic E-state index is 0.0639. The number of carboxylic acids is 1. The fraction of sp³-hybridized carbons (Fsp3) is 0.467. The molecule has 0 aliphatic carbocycles. The van der Waals surface area contributed by atoms with Crippen molar-refractivity contribution in [2.45, 2.75) is 33.9 Å². The van der Waals surface area contributed by atoms with E-state index < -0.39 is 40.3 Å². The normalized spacial score (nSPS) is 12.0. The summed E-state index contributed by atoms with van der Waals surface area (Å²) in [7, 11) is 1.19. The lowest BCUT2D eigenvalue weighted by atomic mass is 9.94. The van der Waals surface area contributed by atoms with Gasteiger partial charge in [-0.05, 0) is 18.6 Å². The average Bonchev–Trinajstić information content (AvgIpc) is 2.35. The van der Waals surface area contributed by atoms with Gasteiger partial charge in [-0.3, -0.25) is 4.79 Å². The van der Waals surface area contributed by atoms with Crippen molar-refractivity contribution in [3.63, 3.8) is 0 Å². The largest absolute Gasteiger partial charge is 0.494 e. The van der Waals surface area contributed by atoms with Crippen molar-refractivity contribution in [2.75, 3.05) is 12.4 Å². The molecule has 1 rings (SSSR count). The van der Waals surface area contributed by atoms with Crippen LogP contribution in [0.2, 0.25) is 0 Å². The van der Waals surface area contributed by atoms with E-state index >= 15 is 0 Å². The van der Waals surface area contributed by atoms with Crippen LogP contribution in [0.15, 0.2) is 6.07 Å². The van der Waals surface area contributed by atoms with Crippen LogP contribution in [0.3, 0.4) is 0 Å². The van der Waals surface area contributed by atoms with Gasteiger partial charge in [0.25, 0.3) is 0 Å². The number of alkyl halides is 3. The number of carbonyl (C=O) groups is 2. The Labute approximate surface area is 131 Å². The summed E-state index contributed by atoms with van der Waals surface area (Å²) in [5, 5.41) is 11.5. The van der Waals surface area contributed by atoms with E-state index in [0.29, 0.717) is 6.07 Å². The zero-order valence-electron chi connectivity index (χ0n) is 13.4. The summed E-state index contributed by atoms with van der Waals surface area (Å²) in [5.74, 6) is -2.55. The number of hydrogen-bond acceptors (Lipinski definition) is 3. The van der Waals surface area contributed by atoms with Crippen LogP contribution >= 0.6 is 0 Å². The molecular formula is C15H18F3NO4. The number of aryl methyl sites for hydroxylation is 1. The molecular weight excluding hydrogens is 315 g/mol. The average molecular weight is 333 g/mol. The van der Waals surface area contributed by atoms with E-state index in [0.717, 1.165) is 0 Å². The number of halogens is 3. The molecule has 23 heavy (non-hydrogen) atoms. The van der Waals surface area contributed by atoms with E-state index in [1.165, 1.54) is 14.0 Å². The van der Waals surface area contributed by atoms with Crippen molar-refractivity contribution in [2.24, 2.45) is 5.41 Å². The van der Waals surface area contributed by atoms with Crippen LogP contribution in [-0.2, 0) is 11.0 Å². The first-order chi connectivity index (χ1) is 10.3. The maximum absolute atomic E-state index is 13.2. The Balaban J connectivity index is 3.73. The Morgan fingerprint density at radius 2 is 1.74 bits per heavy atom. The number of benzene rings is 1. The van der Waals surface area contributed by atoms with Crippen LogP contribution in [-0.4, -0.2) is 24.1 Å². The van der Waals surface area contributed by atoms with Crippen molar-refractivity contribution in [3.8, 4) is 5.75 Å². The molecule has 0 heterocycles. The number of carboxylic acid groups (broad SMARTS) is 1. The highest BCUT2D eigenvalue weighted by atomic mass is 19.4. The first kappa shape index (κ1) is 18.8. The zero-order valence-corrected chi connectivity index (χ0v) is 13.4. The number of methoxy groups -OCH3 is 1. The first-order valence-electron chi connectivity index (χ1n) is 6.64. The van der Waals surface area contributed by atoms with E-state index in [4.69, 9.17) is 4.74 Å². The molecule has 2 N–H and O–H groups in total. The Hall–Kier alpha value is -2.25. The van der Waals surface area contributed by atoms with Crippen LogP contribution in [0.25, 0.3) is 0 Å². The molecule has 128 valence electrons. The SMILES string of the molecule is COc1c(C)cc(C(F)(F)F)c(C(=O)O)c1NC(=O)C(C)(C)C. The molecule has 0 unspecified atom stereocenters. The molecule has 8 heteroatoms. The summed E-state index contributed by atoms with van der Waals surface area (Å²) in [5.41, 5.74) is -3.74. The number of anilines is 1. The number of aromatic carboxylic acids is 1. The fourth-order valence-electron chi connectivity index (χ4n) is 1.93. The van der Waals surface area contributed by atoms with Gasteiger partial charge in [0.15, 0.2) is 0 Å². The standard InChI is InChI=1S/C15H18F3NO4/c1-7-6-8(15(16,17)18)9(12(20)21)10(11(7)23-5)19-13(22)14(2,3)4/h6H,1-5H3,(H,19,22)(H,20,21). The predicted octanol–water partition coefficient (Wildman–Crippen LogP) is 3.71. The third-order valence-corrected chi connectivity index (χ3v) is 3.11. The maximum atomic E-state index is 13.2. The lowest BCUT2D eigenvalue weighted by Gasteiger charge is -2.23. The maximum Gasteiger partial charge on any atom is 0.417 e. The summed E-state index contributed by atoms with van der Waals surface area (Å²) < 4.78 is 44.5. The molecule has 0 bridgehead atoms. The molecule has 0 fully saturated rings. The van der Waals surface area contributed by atoms with Gasteiger partial charge in [0.05, 0.1) is 23.9 Å². The van der Waals surface area contributed by atoms with Crippen molar-refractivity contribution in [1.82, 2.24) is 0 Å². The van der Waals surface area contributed by atoms with Gasteiger partial charge in [0.2, 0.25) is 5.91 Å². The molecule has 0 spiro atoms. The van der Waals surface area contributed by atoms with Crippen LogP contribution in [0.5, 0.6) is 5.75 Å². The quantitative estimate of drug-likeness (QED) is 0.884. The van der Waals surface area contributed by atoms with Gasteiger partial charge >= 0.3 is 12.1 Å². The Bertz CT molecular complexity index is 646. The Kier molecular flexibility index (Phi) is 4.98. The van der Waals surface area contributed by atoms with Crippen molar-refractivity contribution >= 4 is 17.6 Å². The van der Waals surface area contributed by atoms with Gasteiger partial charge in [-0.25, -0.2) is 4.79 Å². The summed E-state index contributed by atoms with van der Waals surface area (Å²) in [4.78, 5) is 23.5. The molecule has 0 saturated heterocycles. The van der Waals surface area contributed by atoms with E-state index in [1.807, 2.05) is 0 Å². The van der Waals surface area contributed by atoms with Gasteiger partial charge in [0, 0.05) is 5.41 Å². The summed E-state index contributed by atoms with van der Waals surface area (Å²) in [6.45, 7) is 5.99. The second kappa shape index (κ2) is 6.10. The molecule has 0 aromatic heterocycles. The van der Waals surface area contributed by atoms with Crippen LogP contribution in [0.4, 0.5) is 18.9 Å². The lowest BCUT2D eigenvalue weighted by Crippen LogP contribution is -2.29.